The van der Waals surface area contributed by atoms with Crippen LogP contribution in [0.5, 0.6) is 0 Å². The lowest BCUT2D eigenvalue weighted by atomic mass is 10.00. The summed E-state index contributed by atoms with van der Waals surface area (Å²) in [6.07, 6.45) is 0. The maximum Gasteiger partial charge on any atom is 0.256 e. The lowest BCUT2D eigenvalue weighted by Gasteiger charge is -2.16. The van der Waals surface area contributed by atoms with Crippen LogP contribution >= 0.6 is 0 Å². The normalized spacial score (nSPS) is 12.5. The van der Waals surface area contributed by atoms with Crippen molar-refractivity contribution in [2.24, 2.45) is 5.41 Å². The van der Waals surface area contributed by atoms with E-state index in [4.69, 9.17) is 0 Å². The molecule has 4 heteroatoms. The van der Waals surface area contributed by atoms with E-state index in [-0.39, 0.29) is 4.90 Å². The number of hydrogen-bond acceptors (Lipinski definition) is 3. The van der Waals surface area contributed by atoms with Crippen molar-refractivity contribution in [1.29, 1.82) is 0 Å². The fourth-order valence-corrected chi connectivity index (χ4v) is 2.65. The monoisotopic (exact) mass is 226 g/mol. The van der Waals surface area contributed by atoms with Gasteiger partial charge in [0.05, 0.1) is 4.90 Å². The molecule has 1 aromatic carbocycles. The minimum absolute atomic E-state index is 0.0601. The van der Waals surface area contributed by atoms with Crippen molar-refractivity contribution in [3.63, 3.8) is 0 Å². The van der Waals surface area contributed by atoms with Gasteiger partial charge in [-0.25, -0.2) is 8.42 Å². The minimum atomic E-state index is -3.84. The van der Waals surface area contributed by atoms with Crippen molar-refractivity contribution in [1.82, 2.24) is 0 Å². The van der Waals surface area contributed by atoms with E-state index in [9.17, 15) is 13.2 Å². The molecule has 0 amide bonds. The summed E-state index contributed by atoms with van der Waals surface area (Å²) in [5.74, 6) is 0. The summed E-state index contributed by atoms with van der Waals surface area (Å²) in [5, 5.41) is -0.749. The number of hydrogen-bond donors (Lipinski definition) is 0. The van der Waals surface area contributed by atoms with Gasteiger partial charge in [0, 0.05) is 5.41 Å². The fraction of sp³-hybridized carbons (Fsp3) is 0.364. The summed E-state index contributed by atoms with van der Waals surface area (Å²) in [4.78, 5) is 11.8. The van der Waals surface area contributed by atoms with Gasteiger partial charge in [-0.1, -0.05) is 39.0 Å². The molecule has 0 aliphatic heterocycles. The van der Waals surface area contributed by atoms with Crippen LogP contribution in [0.15, 0.2) is 35.2 Å². The highest BCUT2D eigenvalue weighted by Crippen LogP contribution is 2.23. The Morgan fingerprint density at radius 2 is 1.53 bits per heavy atom. The third kappa shape index (κ3) is 2.45. The van der Waals surface area contributed by atoms with Crippen LogP contribution < -0.4 is 0 Å². The zero-order chi connectivity index (χ0) is 11.7. The van der Waals surface area contributed by atoms with Crippen LogP contribution in [-0.4, -0.2) is 13.5 Å². The standard InChI is InChI=1S/C11H14O3S/c1-11(2,3)10(12)15(13,14)9-7-5-4-6-8-9/h4-8H,1-3H3. The molecule has 0 aromatic heterocycles. The average molecular weight is 226 g/mol. The first-order chi connectivity index (χ1) is 6.76. The first kappa shape index (κ1) is 11.9. The van der Waals surface area contributed by atoms with E-state index in [0.717, 1.165) is 0 Å². The molecule has 0 unspecified atom stereocenters. The Bertz CT molecular complexity index is 452. The summed E-state index contributed by atoms with van der Waals surface area (Å²) in [7, 11) is -3.84. The second-order valence-electron chi connectivity index (χ2n) is 4.35. The molecule has 0 bridgehead atoms. The van der Waals surface area contributed by atoms with Gasteiger partial charge >= 0.3 is 0 Å². The minimum Gasteiger partial charge on any atom is -0.281 e. The molecule has 0 atom stereocenters. The molecule has 1 rings (SSSR count). The van der Waals surface area contributed by atoms with E-state index in [0.29, 0.717) is 0 Å². The second-order valence-corrected chi connectivity index (χ2v) is 6.20. The van der Waals surface area contributed by atoms with Gasteiger partial charge in [-0.15, -0.1) is 0 Å². The number of carbonyl (C=O) groups excluding carboxylic acids is 1. The topological polar surface area (TPSA) is 51.2 Å². The third-order valence-corrected chi connectivity index (χ3v) is 3.90. The van der Waals surface area contributed by atoms with Crippen LogP contribution in [0.25, 0.3) is 0 Å². The van der Waals surface area contributed by atoms with Gasteiger partial charge in [-0.05, 0) is 12.1 Å². The highest BCUT2D eigenvalue weighted by atomic mass is 32.2. The predicted molar refractivity (Wildman–Crippen MR) is 58.1 cm³/mol. The highest BCUT2D eigenvalue weighted by molar-refractivity contribution is 8.06. The molecule has 0 saturated carbocycles. The first-order valence-corrected chi connectivity index (χ1v) is 6.09. The number of benzene rings is 1. The Morgan fingerprint density at radius 3 is 1.93 bits per heavy atom. The molecule has 0 fully saturated rings. The quantitative estimate of drug-likeness (QED) is 0.736. The summed E-state index contributed by atoms with van der Waals surface area (Å²) in [5.41, 5.74) is -0.880. The van der Waals surface area contributed by atoms with E-state index in [1.807, 2.05) is 0 Å². The Morgan fingerprint density at radius 1 is 1.07 bits per heavy atom. The SMILES string of the molecule is CC(C)(C)C(=O)S(=O)(=O)c1ccccc1. The van der Waals surface area contributed by atoms with Gasteiger partial charge in [0.25, 0.3) is 5.12 Å². The van der Waals surface area contributed by atoms with Gasteiger partial charge < -0.3 is 0 Å². The average Bonchev–Trinajstić information content (AvgIpc) is 2.16. The lowest BCUT2D eigenvalue weighted by molar-refractivity contribution is -0.118. The molecule has 0 spiro atoms. The molecular weight excluding hydrogens is 212 g/mol. The molecule has 0 N–H and O–H groups in total. The zero-order valence-corrected chi connectivity index (χ0v) is 9.84. The van der Waals surface area contributed by atoms with Gasteiger partial charge in [0.15, 0.2) is 0 Å². The molecule has 3 nitrogen and oxygen atoms in total. The van der Waals surface area contributed by atoms with Crippen molar-refractivity contribution in [3.05, 3.63) is 30.3 Å². The maximum absolute atomic E-state index is 11.8. The van der Waals surface area contributed by atoms with Crippen LogP contribution in [0.1, 0.15) is 20.8 Å². The molecule has 0 heterocycles. The van der Waals surface area contributed by atoms with E-state index < -0.39 is 20.4 Å². The molecule has 0 aliphatic carbocycles. The van der Waals surface area contributed by atoms with E-state index in [2.05, 4.69) is 0 Å². The first-order valence-electron chi connectivity index (χ1n) is 4.61. The molecule has 0 aliphatic rings. The lowest BCUT2D eigenvalue weighted by Crippen LogP contribution is -2.28. The van der Waals surface area contributed by atoms with Crippen molar-refractivity contribution in [2.45, 2.75) is 25.7 Å². The van der Waals surface area contributed by atoms with Crippen LogP contribution in [0.2, 0.25) is 0 Å². The van der Waals surface area contributed by atoms with E-state index >= 15 is 0 Å². The smallest absolute Gasteiger partial charge is 0.256 e. The molecule has 0 saturated heterocycles. The highest BCUT2D eigenvalue weighted by Gasteiger charge is 2.34. The number of rotatable bonds is 1. The fourth-order valence-electron chi connectivity index (χ4n) is 1.11. The molecule has 1 aromatic rings. The summed E-state index contributed by atoms with van der Waals surface area (Å²) in [6.45, 7) is 4.78. The van der Waals surface area contributed by atoms with E-state index in [1.54, 1.807) is 39.0 Å². The van der Waals surface area contributed by atoms with Crippen molar-refractivity contribution in [2.75, 3.05) is 0 Å². The molecule has 0 radical (unpaired) electrons. The van der Waals surface area contributed by atoms with Crippen LogP contribution in [0.4, 0.5) is 0 Å². The largest absolute Gasteiger partial charge is 0.281 e. The third-order valence-electron chi connectivity index (χ3n) is 1.91. The molecular formula is C11H14O3S. The second kappa shape index (κ2) is 3.77. The van der Waals surface area contributed by atoms with Gasteiger partial charge in [-0.2, -0.15) is 0 Å². The Labute approximate surface area is 90.0 Å². The summed E-state index contributed by atoms with van der Waals surface area (Å²) < 4.78 is 23.7. The van der Waals surface area contributed by atoms with Crippen LogP contribution in [0.3, 0.4) is 0 Å². The zero-order valence-electron chi connectivity index (χ0n) is 9.02. The van der Waals surface area contributed by atoms with Gasteiger partial charge in [0.1, 0.15) is 0 Å². The van der Waals surface area contributed by atoms with Crippen molar-refractivity contribution in [3.8, 4) is 0 Å². The Hall–Kier alpha value is -1.16. The van der Waals surface area contributed by atoms with Gasteiger partial charge in [-0.3, -0.25) is 4.79 Å². The molecule has 15 heavy (non-hydrogen) atoms. The predicted octanol–water partition coefficient (Wildman–Crippen LogP) is 2.03. The Balaban J connectivity index is 3.22. The summed E-state index contributed by atoms with van der Waals surface area (Å²) in [6, 6.07) is 7.77. The van der Waals surface area contributed by atoms with Crippen LogP contribution in [0, 0.1) is 5.41 Å². The maximum atomic E-state index is 11.8. The summed E-state index contributed by atoms with van der Waals surface area (Å²) >= 11 is 0. The number of sulfone groups is 1. The van der Waals surface area contributed by atoms with Gasteiger partial charge in [0.2, 0.25) is 9.84 Å². The Kier molecular flexibility index (Phi) is 3.00. The number of carbonyl (C=O) groups is 1. The van der Waals surface area contributed by atoms with Crippen LogP contribution in [-0.2, 0) is 14.6 Å². The van der Waals surface area contributed by atoms with E-state index in [1.165, 1.54) is 12.1 Å². The molecule has 82 valence electrons. The van der Waals surface area contributed by atoms with Crippen molar-refractivity contribution < 1.29 is 13.2 Å². The van der Waals surface area contributed by atoms with Crippen molar-refractivity contribution >= 4 is 15.0 Å².